The number of benzene rings is 1. The van der Waals surface area contributed by atoms with Crippen LogP contribution < -0.4 is 0 Å². The lowest BCUT2D eigenvalue weighted by atomic mass is 10.1. The standard InChI is InChI=1S/C12H8ClF3N2O/c13-10-3-7(14)1-2-9(10)11-5-17-8(4-18-11)6-19-12(15)16/h1-5,12H,6H2. The van der Waals surface area contributed by atoms with Crippen molar-refractivity contribution in [2.45, 2.75) is 13.2 Å². The van der Waals surface area contributed by atoms with Crippen LogP contribution >= 0.6 is 11.6 Å². The predicted octanol–water partition coefficient (Wildman–Crippen LogP) is 3.68. The Hall–Kier alpha value is -1.66. The van der Waals surface area contributed by atoms with Crippen molar-refractivity contribution >= 4 is 11.6 Å². The lowest BCUT2D eigenvalue weighted by molar-refractivity contribution is -0.138. The Morgan fingerprint density at radius 3 is 2.58 bits per heavy atom. The molecule has 7 heteroatoms. The van der Waals surface area contributed by atoms with Gasteiger partial charge in [0.2, 0.25) is 0 Å². The van der Waals surface area contributed by atoms with Crippen molar-refractivity contribution in [3.8, 4) is 11.3 Å². The number of aromatic nitrogens is 2. The Balaban J connectivity index is 2.18. The zero-order chi connectivity index (χ0) is 13.8. The Morgan fingerprint density at radius 2 is 2.00 bits per heavy atom. The van der Waals surface area contributed by atoms with E-state index in [0.29, 0.717) is 11.3 Å². The number of alkyl halides is 2. The molecule has 3 nitrogen and oxygen atoms in total. The van der Waals surface area contributed by atoms with Crippen molar-refractivity contribution in [3.05, 3.63) is 47.1 Å². The summed E-state index contributed by atoms with van der Waals surface area (Å²) in [6, 6.07) is 3.88. The maximum atomic E-state index is 12.9. The molecule has 19 heavy (non-hydrogen) atoms. The van der Waals surface area contributed by atoms with E-state index in [2.05, 4.69) is 14.7 Å². The van der Waals surface area contributed by atoms with E-state index in [-0.39, 0.29) is 17.3 Å². The molecule has 1 aromatic heterocycles. The van der Waals surface area contributed by atoms with Gasteiger partial charge in [-0.3, -0.25) is 9.97 Å². The Morgan fingerprint density at radius 1 is 1.21 bits per heavy atom. The Kier molecular flexibility index (Phi) is 4.34. The molecule has 0 aliphatic rings. The van der Waals surface area contributed by atoms with E-state index >= 15 is 0 Å². The average Bonchev–Trinajstić information content (AvgIpc) is 2.37. The van der Waals surface area contributed by atoms with E-state index in [9.17, 15) is 13.2 Å². The van der Waals surface area contributed by atoms with Crippen LogP contribution in [0.25, 0.3) is 11.3 Å². The largest absolute Gasteiger partial charge is 0.345 e. The molecule has 0 atom stereocenters. The molecule has 0 aliphatic heterocycles. The van der Waals surface area contributed by atoms with Crippen molar-refractivity contribution < 1.29 is 17.9 Å². The number of halogens is 4. The maximum absolute atomic E-state index is 12.9. The molecule has 1 heterocycles. The SMILES string of the molecule is Fc1ccc(-c2cnc(COC(F)F)cn2)c(Cl)c1. The molecular weight excluding hydrogens is 281 g/mol. The molecule has 0 aliphatic carbocycles. The highest BCUT2D eigenvalue weighted by atomic mass is 35.5. The second-order valence-electron chi connectivity index (χ2n) is 3.59. The fourth-order valence-corrected chi connectivity index (χ4v) is 1.68. The van der Waals surface area contributed by atoms with Crippen LogP contribution in [0.4, 0.5) is 13.2 Å². The van der Waals surface area contributed by atoms with Crippen LogP contribution in [0.3, 0.4) is 0 Å². The summed E-state index contributed by atoms with van der Waals surface area (Å²) in [5, 5.41) is 0.200. The summed E-state index contributed by atoms with van der Waals surface area (Å²) >= 11 is 5.87. The van der Waals surface area contributed by atoms with Crippen LogP contribution in [0, 0.1) is 5.82 Å². The summed E-state index contributed by atoms with van der Waals surface area (Å²) in [7, 11) is 0. The van der Waals surface area contributed by atoms with Gasteiger partial charge in [-0.1, -0.05) is 11.6 Å². The zero-order valence-corrected chi connectivity index (χ0v) is 10.2. The van der Waals surface area contributed by atoms with Crippen molar-refractivity contribution in [3.63, 3.8) is 0 Å². The minimum absolute atomic E-state index is 0.200. The molecule has 1 aromatic carbocycles. The highest BCUT2D eigenvalue weighted by Gasteiger charge is 2.08. The maximum Gasteiger partial charge on any atom is 0.345 e. The van der Waals surface area contributed by atoms with Crippen molar-refractivity contribution in [1.29, 1.82) is 0 Å². The third-order valence-corrected chi connectivity index (χ3v) is 2.58. The number of nitrogens with zero attached hydrogens (tertiary/aromatic N) is 2. The normalized spacial score (nSPS) is 11.0. The fraction of sp³-hybridized carbons (Fsp3) is 0.167. The monoisotopic (exact) mass is 288 g/mol. The van der Waals surface area contributed by atoms with Crippen LogP contribution in [-0.2, 0) is 11.3 Å². The van der Waals surface area contributed by atoms with Crippen molar-refractivity contribution in [2.75, 3.05) is 0 Å². The first-order chi connectivity index (χ1) is 9.06. The first-order valence-electron chi connectivity index (χ1n) is 5.22. The molecule has 100 valence electrons. The van der Waals surface area contributed by atoms with Gasteiger partial charge in [0.05, 0.1) is 35.4 Å². The summed E-state index contributed by atoms with van der Waals surface area (Å²) in [5.41, 5.74) is 1.20. The van der Waals surface area contributed by atoms with Crippen molar-refractivity contribution in [1.82, 2.24) is 9.97 Å². The Bertz CT molecular complexity index is 563. The van der Waals surface area contributed by atoms with E-state index in [0.717, 1.165) is 6.07 Å². The summed E-state index contributed by atoms with van der Waals surface area (Å²) in [6.45, 7) is -3.18. The highest BCUT2D eigenvalue weighted by Crippen LogP contribution is 2.26. The molecule has 0 spiro atoms. The van der Waals surface area contributed by atoms with Gasteiger partial charge in [-0.2, -0.15) is 8.78 Å². The summed E-state index contributed by atoms with van der Waals surface area (Å²) < 4.78 is 40.7. The van der Waals surface area contributed by atoms with Crippen LogP contribution in [-0.4, -0.2) is 16.6 Å². The topological polar surface area (TPSA) is 35.0 Å². The third-order valence-electron chi connectivity index (χ3n) is 2.27. The lowest BCUT2D eigenvalue weighted by Crippen LogP contribution is -2.01. The van der Waals surface area contributed by atoms with Crippen molar-refractivity contribution in [2.24, 2.45) is 0 Å². The molecule has 2 rings (SSSR count). The van der Waals surface area contributed by atoms with Gasteiger partial charge in [0.25, 0.3) is 0 Å². The minimum atomic E-state index is -2.85. The first-order valence-corrected chi connectivity index (χ1v) is 5.60. The molecule has 0 bridgehead atoms. The number of hydrogen-bond acceptors (Lipinski definition) is 3. The van der Waals surface area contributed by atoms with Gasteiger partial charge in [-0.05, 0) is 18.2 Å². The van der Waals surface area contributed by atoms with Gasteiger partial charge in [0.1, 0.15) is 5.82 Å². The van der Waals surface area contributed by atoms with E-state index in [1.54, 1.807) is 0 Å². The van der Waals surface area contributed by atoms with Crippen LogP contribution in [0.2, 0.25) is 5.02 Å². The zero-order valence-electron chi connectivity index (χ0n) is 9.49. The highest BCUT2D eigenvalue weighted by molar-refractivity contribution is 6.33. The third kappa shape index (κ3) is 3.65. The molecule has 0 unspecified atom stereocenters. The van der Waals surface area contributed by atoms with Gasteiger partial charge < -0.3 is 4.74 Å². The second kappa shape index (κ2) is 5.99. The Labute approximate surface area is 112 Å². The van der Waals surface area contributed by atoms with Gasteiger partial charge in [0.15, 0.2) is 0 Å². The quantitative estimate of drug-likeness (QED) is 0.861. The van der Waals surface area contributed by atoms with Gasteiger partial charge in [0, 0.05) is 5.56 Å². The first kappa shape index (κ1) is 13.8. The van der Waals surface area contributed by atoms with Gasteiger partial charge in [-0.25, -0.2) is 4.39 Å². The molecule has 0 N–H and O–H groups in total. The number of rotatable bonds is 4. The van der Waals surface area contributed by atoms with Crippen LogP contribution in [0.5, 0.6) is 0 Å². The van der Waals surface area contributed by atoms with Crippen LogP contribution in [0.15, 0.2) is 30.6 Å². The molecule has 0 saturated heterocycles. The molecule has 0 amide bonds. The van der Waals surface area contributed by atoms with Crippen LogP contribution in [0.1, 0.15) is 5.69 Å². The van der Waals surface area contributed by atoms with E-state index in [1.165, 1.54) is 24.5 Å². The molecule has 0 fully saturated rings. The molecule has 2 aromatic rings. The fourth-order valence-electron chi connectivity index (χ4n) is 1.41. The van der Waals surface area contributed by atoms with Gasteiger partial charge >= 0.3 is 6.61 Å². The second-order valence-corrected chi connectivity index (χ2v) is 4.00. The molecular formula is C12H8ClF3N2O. The van der Waals surface area contributed by atoms with E-state index in [4.69, 9.17) is 11.6 Å². The predicted molar refractivity (Wildman–Crippen MR) is 63.2 cm³/mol. The lowest BCUT2D eigenvalue weighted by Gasteiger charge is -2.05. The van der Waals surface area contributed by atoms with E-state index in [1.807, 2.05) is 0 Å². The summed E-state index contributed by atoms with van der Waals surface area (Å²) in [6.07, 6.45) is 2.67. The number of hydrogen-bond donors (Lipinski definition) is 0. The minimum Gasteiger partial charge on any atom is -0.316 e. The summed E-state index contributed by atoms with van der Waals surface area (Å²) in [5.74, 6) is -0.455. The molecule has 0 saturated carbocycles. The number of ether oxygens (including phenoxy) is 1. The summed E-state index contributed by atoms with van der Waals surface area (Å²) in [4.78, 5) is 7.94. The van der Waals surface area contributed by atoms with E-state index < -0.39 is 12.4 Å². The smallest absolute Gasteiger partial charge is 0.316 e. The van der Waals surface area contributed by atoms with Gasteiger partial charge in [-0.15, -0.1) is 0 Å². The average molecular weight is 289 g/mol. The molecule has 0 radical (unpaired) electrons.